The van der Waals surface area contributed by atoms with E-state index in [1.54, 1.807) is 0 Å². The second-order valence-electron chi connectivity index (χ2n) is 4.02. The number of primary amides is 1. The van der Waals surface area contributed by atoms with E-state index in [-0.39, 0.29) is 0 Å². The minimum atomic E-state index is -6.11. The number of nitrogens with two attached hydrogens (primary N) is 1. The second-order valence-corrected chi connectivity index (χ2v) is 4.02. The summed E-state index contributed by atoms with van der Waals surface area (Å²) in [5.74, 6) is -10.6. The molecule has 21 heavy (non-hydrogen) atoms. The fourth-order valence-electron chi connectivity index (χ4n) is 1.28. The fourth-order valence-corrected chi connectivity index (χ4v) is 1.28. The number of carbonyl (C=O) groups is 2. The molecule has 0 aliphatic heterocycles. The van der Waals surface area contributed by atoms with Crippen molar-refractivity contribution in [2.75, 3.05) is 5.32 Å². The van der Waals surface area contributed by atoms with E-state index in [1.807, 2.05) is 0 Å². The number of hydrogen-bond donors (Lipinski definition) is 2. The molecule has 0 bridgehead atoms. The smallest absolute Gasteiger partial charge is 0.366 e. The van der Waals surface area contributed by atoms with Gasteiger partial charge in [0, 0.05) is 16.8 Å². The third-order valence-corrected chi connectivity index (χ3v) is 2.52. The molecule has 0 fully saturated rings. The van der Waals surface area contributed by atoms with Gasteiger partial charge in [0.25, 0.3) is 0 Å². The Balaban J connectivity index is 3.20. The van der Waals surface area contributed by atoms with Crippen LogP contribution in [0.3, 0.4) is 0 Å². The van der Waals surface area contributed by atoms with E-state index in [4.69, 9.17) is 5.73 Å². The molecule has 0 aliphatic carbocycles. The molecule has 10 heteroatoms. The molecular formula is C11H8F6N2O2. The van der Waals surface area contributed by atoms with Crippen LogP contribution in [0.4, 0.5) is 32.0 Å². The van der Waals surface area contributed by atoms with Gasteiger partial charge in [-0.25, -0.2) is 4.39 Å². The predicted molar refractivity (Wildman–Crippen MR) is 59.3 cm³/mol. The van der Waals surface area contributed by atoms with Crippen molar-refractivity contribution in [3.8, 4) is 0 Å². The summed E-state index contributed by atoms with van der Waals surface area (Å²) in [6, 6.07) is 1.36. The van der Waals surface area contributed by atoms with E-state index in [1.165, 1.54) is 5.32 Å². The zero-order valence-electron chi connectivity index (χ0n) is 10.3. The number of amides is 2. The Labute approximate surface area is 113 Å². The van der Waals surface area contributed by atoms with Crippen molar-refractivity contribution in [2.45, 2.75) is 19.0 Å². The number of carbonyl (C=O) groups excluding carboxylic acids is 2. The average molecular weight is 314 g/mol. The van der Waals surface area contributed by atoms with Crippen molar-refractivity contribution in [3.05, 3.63) is 29.1 Å². The maximum Gasteiger partial charge on any atom is 0.463 e. The van der Waals surface area contributed by atoms with Crippen LogP contribution in [0.25, 0.3) is 0 Å². The first-order chi connectivity index (χ1) is 9.37. The molecule has 0 radical (unpaired) electrons. The lowest BCUT2D eigenvalue weighted by molar-refractivity contribution is -0.267. The standard InChI is InChI=1S/C11H8F6N2O2/c1-4-6(12)2-5(8(18)20)3-7(4)19-9(21)10(13,14)11(15,16)17/h2-3H,1H3,(H2,18,20)(H,19,21). The Bertz CT molecular complexity index is 597. The third kappa shape index (κ3) is 3.26. The van der Waals surface area contributed by atoms with Gasteiger partial charge < -0.3 is 11.1 Å². The third-order valence-electron chi connectivity index (χ3n) is 2.52. The van der Waals surface area contributed by atoms with Crippen molar-refractivity contribution in [1.82, 2.24) is 0 Å². The molecule has 0 saturated heterocycles. The van der Waals surface area contributed by atoms with Crippen LogP contribution in [0.5, 0.6) is 0 Å². The molecule has 116 valence electrons. The van der Waals surface area contributed by atoms with E-state index in [0.29, 0.717) is 12.1 Å². The van der Waals surface area contributed by atoms with Crippen molar-refractivity contribution in [1.29, 1.82) is 0 Å². The molecule has 4 nitrogen and oxygen atoms in total. The summed E-state index contributed by atoms with van der Waals surface area (Å²) in [6.45, 7) is 1.02. The first kappa shape index (κ1) is 16.8. The van der Waals surface area contributed by atoms with Crippen LogP contribution in [0.2, 0.25) is 0 Å². The van der Waals surface area contributed by atoms with Crippen molar-refractivity contribution in [2.24, 2.45) is 5.73 Å². The molecule has 0 spiro atoms. The summed E-state index contributed by atoms with van der Waals surface area (Å²) in [5, 5.41) is 1.24. The van der Waals surface area contributed by atoms with Gasteiger partial charge in [0.1, 0.15) is 5.82 Å². The summed E-state index contributed by atoms with van der Waals surface area (Å²) in [6.07, 6.45) is -6.11. The van der Waals surface area contributed by atoms with Crippen LogP contribution in [-0.4, -0.2) is 23.9 Å². The van der Waals surface area contributed by atoms with Crippen LogP contribution < -0.4 is 11.1 Å². The van der Waals surface area contributed by atoms with Gasteiger partial charge >= 0.3 is 18.0 Å². The molecule has 0 atom stereocenters. The zero-order valence-corrected chi connectivity index (χ0v) is 10.3. The fraction of sp³-hybridized carbons (Fsp3) is 0.273. The van der Waals surface area contributed by atoms with Gasteiger partial charge in [-0.15, -0.1) is 0 Å². The van der Waals surface area contributed by atoms with Crippen molar-refractivity contribution in [3.63, 3.8) is 0 Å². The number of nitrogens with one attached hydrogen (secondary N) is 1. The summed E-state index contributed by atoms with van der Waals surface area (Å²) in [7, 11) is 0. The highest BCUT2D eigenvalue weighted by Gasteiger charge is 2.63. The largest absolute Gasteiger partial charge is 0.463 e. The molecule has 3 N–H and O–H groups in total. The minimum absolute atomic E-state index is 0.425. The summed E-state index contributed by atoms with van der Waals surface area (Å²) in [4.78, 5) is 21.9. The topological polar surface area (TPSA) is 72.2 Å². The van der Waals surface area contributed by atoms with Gasteiger partial charge in [0.15, 0.2) is 0 Å². The highest BCUT2D eigenvalue weighted by molar-refractivity contribution is 5.99. The number of anilines is 1. The molecular weight excluding hydrogens is 306 g/mol. The molecule has 1 aromatic carbocycles. The Morgan fingerprint density at radius 1 is 1.14 bits per heavy atom. The minimum Gasteiger partial charge on any atom is -0.366 e. The summed E-state index contributed by atoms with van der Waals surface area (Å²) in [5.41, 5.74) is 3.21. The number of rotatable bonds is 3. The summed E-state index contributed by atoms with van der Waals surface area (Å²) >= 11 is 0. The van der Waals surface area contributed by atoms with Gasteiger partial charge in [-0.05, 0) is 19.1 Å². The Morgan fingerprint density at radius 3 is 2.10 bits per heavy atom. The number of alkyl halides is 5. The van der Waals surface area contributed by atoms with Crippen LogP contribution in [-0.2, 0) is 4.79 Å². The van der Waals surface area contributed by atoms with Crippen LogP contribution in [0.1, 0.15) is 15.9 Å². The number of benzene rings is 1. The van der Waals surface area contributed by atoms with Crippen molar-refractivity contribution >= 4 is 17.5 Å². The van der Waals surface area contributed by atoms with Crippen molar-refractivity contribution < 1.29 is 35.9 Å². The first-order valence-electron chi connectivity index (χ1n) is 5.24. The molecule has 1 rings (SSSR count). The maximum absolute atomic E-state index is 13.4. The Morgan fingerprint density at radius 2 is 1.67 bits per heavy atom. The molecule has 0 aliphatic rings. The molecule has 0 unspecified atom stereocenters. The van der Waals surface area contributed by atoms with Gasteiger partial charge in [-0.1, -0.05) is 0 Å². The Hall–Kier alpha value is -2.26. The van der Waals surface area contributed by atoms with E-state index >= 15 is 0 Å². The quantitative estimate of drug-likeness (QED) is 0.841. The maximum atomic E-state index is 13.4. The summed E-state index contributed by atoms with van der Waals surface area (Å²) < 4.78 is 75.0. The van der Waals surface area contributed by atoms with E-state index in [0.717, 1.165) is 6.92 Å². The predicted octanol–water partition coefficient (Wildman–Crippen LogP) is 2.37. The van der Waals surface area contributed by atoms with E-state index < -0.39 is 46.5 Å². The molecule has 2 amide bonds. The first-order valence-corrected chi connectivity index (χ1v) is 5.24. The lowest BCUT2D eigenvalue weighted by Gasteiger charge is -2.19. The zero-order chi connectivity index (χ0) is 16.6. The lowest BCUT2D eigenvalue weighted by atomic mass is 10.1. The lowest BCUT2D eigenvalue weighted by Crippen LogP contribution is -2.47. The van der Waals surface area contributed by atoms with E-state index in [9.17, 15) is 35.9 Å². The van der Waals surface area contributed by atoms with Gasteiger partial charge in [0.2, 0.25) is 5.91 Å². The van der Waals surface area contributed by atoms with Gasteiger partial charge in [0.05, 0.1) is 0 Å². The molecule has 1 aromatic rings. The SMILES string of the molecule is Cc1c(F)cc(C(N)=O)cc1NC(=O)C(F)(F)C(F)(F)F. The molecule has 0 saturated carbocycles. The van der Waals surface area contributed by atoms with Gasteiger partial charge in [-0.2, -0.15) is 22.0 Å². The number of hydrogen-bond acceptors (Lipinski definition) is 2. The highest BCUT2D eigenvalue weighted by atomic mass is 19.4. The molecule has 0 heterocycles. The van der Waals surface area contributed by atoms with Crippen LogP contribution >= 0.6 is 0 Å². The number of halogens is 6. The van der Waals surface area contributed by atoms with Crippen LogP contribution in [0, 0.1) is 12.7 Å². The Kier molecular flexibility index (Phi) is 4.21. The monoisotopic (exact) mass is 314 g/mol. The van der Waals surface area contributed by atoms with Gasteiger partial charge in [-0.3, -0.25) is 9.59 Å². The molecule has 0 aromatic heterocycles. The highest BCUT2D eigenvalue weighted by Crippen LogP contribution is 2.36. The average Bonchev–Trinajstić information content (AvgIpc) is 2.32. The van der Waals surface area contributed by atoms with E-state index in [2.05, 4.69) is 0 Å². The second kappa shape index (κ2) is 5.26. The van der Waals surface area contributed by atoms with Crippen LogP contribution in [0.15, 0.2) is 12.1 Å². The normalized spacial score (nSPS) is 12.1.